The van der Waals surface area contributed by atoms with Crippen molar-refractivity contribution in [3.8, 4) is 0 Å². The number of aliphatic hydroxyl groups is 1. The van der Waals surface area contributed by atoms with Crippen molar-refractivity contribution in [3.05, 3.63) is 34.9 Å². The number of piperidine rings is 1. The number of benzene rings is 1. The number of amides is 3. The van der Waals surface area contributed by atoms with Crippen molar-refractivity contribution < 1.29 is 38.3 Å². The van der Waals surface area contributed by atoms with Crippen molar-refractivity contribution in [2.75, 3.05) is 26.4 Å². The number of ether oxygens (including phenoxy) is 1. The highest BCUT2D eigenvalue weighted by Gasteiger charge is 2.50. The van der Waals surface area contributed by atoms with E-state index in [4.69, 9.17) is 26.1 Å². The van der Waals surface area contributed by atoms with Crippen LogP contribution in [-0.4, -0.2) is 69.8 Å². The third kappa shape index (κ3) is 8.64. The highest BCUT2D eigenvalue weighted by atomic mass is 35.5. The molecule has 0 spiro atoms. The average Bonchev–Trinajstić information content (AvgIpc) is 2.76. The SMILES string of the molecule is CC(C)C(NC(=O)NCC(C)(C)OCOP(=O)(O)O)C(=O)N1CCC(O)(c2ccc(Cl)cc2)C(C)(C)C1. The number of likely N-dealkylation sites (tertiary alicyclic amines) is 1. The molecule has 0 bridgehead atoms. The molecule has 37 heavy (non-hydrogen) atoms. The fourth-order valence-electron chi connectivity index (χ4n) is 4.27. The second-order valence-electron chi connectivity index (χ2n) is 11.0. The lowest BCUT2D eigenvalue weighted by molar-refractivity contribution is -0.155. The lowest BCUT2D eigenvalue weighted by Crippen LogP contribution is -2.61. The minimum Gasteiger partial charge on any atom is -0.384 e. The standard InChI is InChI=1S/C24H39ClN3O8P/c1-16(2)19(27-21(30)26-13-23(5,6)35-15-36-37(32,33)34)20(29)28-12-11-24(31,22(3,4)14-28)17-7-9-18(25)10-8-17/h7-10,16,19,31H,11-15H2,1-6H3,(H2,26,27,30)(H2,32,33,34). The molecular weight excluding hydrogens is 525 g/mol. The van der Waals surface area contributed by atoms with Gasteiger partial charge in [0.25, 0.3) is 0 Å². The van der Waals surface area contributed by atoms with Gasteiger partial charge in [-0.15, -0.1) is 0 Å². The number of phosphoric ester groups is 1. The number of nitrogens with one attached hydrogen (secondary N) is 2. The van der Waals surface area contributed by atoms with Crippen molar-refractivity contribution in [2.45, 2.75) is 65.2 Å². The first kappa shape index (κ1) is 31.5. The Labute approximate surface area is 223 Å². The summed E-state index contributed by atoms with van der Waals surface area (Å²) in [6.07, 6.45) is 0.326. The highest BCUT2D eigenvalue weighted by Crippen LogP contribution is 2.46. The summed E-state index contributed by atoms with van der Waals surface area (Å²) in [5, 5.41) is 17.5. The zero-order valence-corrected chi connectivity index (χ0v) is 23.8. The summed E-state index contributed by atoms with van der Waals surface area (Å²) in [6, 6.07) is 5.67. The van der Waals surface area contributed by atoms with Gasteiger partial charge in [0.2, 0.25) is 5.91 Å². The molecule has 3 amide bonds. The summed E-state index contributed by atoms with van der Waals surface area (Å²) in [5.41, 5.74) is -2.08. The minimum atomic E-state index is -4.67. The van der Waals surface area contributed by atoms with Gasteiger partial charge in [-0.2, -0.15) is 0 Å². The Hall–Kier alpha value is -1.72. The van der Waals surface area contributed by atoms with E-state index < -0.39 is 43.3 Å². The van der Waals surface area contributed by atoms with Crippen LogP contribution < -0.4 is 10.6 Å². The predicted octanol–water partition coefficient (Wildman–Crippen LogP) is 2.97. The monoisotopic (exact) mass is 563 g/mol. The molecule has 2 unspecified atom stereocenters. The van der Waals surface area contributed by atoms with Gasteiger partial charge >= 0.3 is 13.9 Å². The second kappa shape index (κ2) is 12.0. The van der Waals surface area contributed by atoms with E-state index in [1.807, 2.05) is 27.7 Å². The number of hydrogen-bond donors (Lipinski definition) is 5. The maximum Gasteiger partial charge on any atom is 0.471 e. The van der Waals surface area contributed by atoms with E-state index in [0.29, 0.717) is 18.0 Å². The molecule has 1 aromatic carbocycles. The molecule has 0 aliphatic carbocycles. The number of rotatable bonds is 10. The average molecular weight is 564 g/mol. The lowest BCUT2D eigenvalue weighted by Gasteiger charge is -2.51. The smallest absolute Gasteiger partial charge is 0.384 e. The number of carbonyl (C=O) groups excluding carboxylic acids is 2. The van der Waals surface area contributed by atoms with Crippen molar-refractivity contribution in [1.29, 1.82) is 0 Å². The fourth-order valence-corrected chi connectivity index (χ4v) is 4.59. The van der Waals surface area contributed by atoms with Crippen LogP contribution in [0.15, 0.2) is 24.3 Å². The Bertz CT molecular complexity index is 998. The van der Waals surface area contributed by atoms with Crippen molar-refractivity contribution in [3.63, 3.8) is 0 Å². The number of halogens is 1. The van der Waals surface area contributed by atoms with Crippen LogP contribution in [-0.2, 0) is 24.2 Å². The normalized spacial score (nSPS) is 21.0. The molecule has 0 aromatic heterocycles. The Morgan fingerprint density at radius 2 is 1.81 bits per heavy atom. The summed E-state index contributed by atoms with van der Waals surface area (Å²) in [7, 11) is -4.67. The van der Waals surface area contributed by atoms with Gasteiger partial charge in [-0.25, -0.2) is 9.36 Å². The van der Waals surface area contributed by atoms with Crippen LogP contribution in [0.25, 0.3) is 0 Å². The van der Waals surface area contributed by atoms with Gasteiger partial charge in [-0.3, -0.25) is 9.32 Å². The van der Waals surface area contributed by atoms with Crippen molar-refractivity contribution in [2.24, 2.45) is 11.3 Å². The van der Waals surface area contributed by atoms with Crippen LogP contribution in [0.5, 0.6) is 0 Å². The molecule has 1 saturated heterocycles. The van der Waals surface area contributed by atoms with Crippen molar-refractivity contribution >= 4 is 31.4 Å². The molecule has 1 aromatic rings. The second-order valence-corrected chi connectivity index (χ2v) is 12.6. The Balaban J connectivity index is 2.00. The van der Waals surface area contributed by atoms with E-state index in [9.17, 15) is 19.3 Å². The first-order valence-electron chi connectivity index (χ1n) is 12.0. The van der Waals surface area contributed by atoms with Gasteiger partial charge in [0.05, 0.1) is 11.2 Å². The van der Waals surface area contributed by atoms with E-state index in [2.05, 4.69) is 15.2 Å². The molecular formula is C24H39ClN3O8P. The molecule has 1 aliphatic heterocycles. The van der Waals surface area contributed by atoms with E-state index >= 15 is 0 Å². The third-order valence-electron chi connectivity index (χ3n) is 6.65. The first-order chi connectivity index (χ1) is 16.9. The van der Waals surface area contributed by atoms with Gasteiger partial charge < -0.3 is 35.2 Å². The largest absolute Gasteiger partial charge is 0.471 e. The van der Waals surface area contributed by atoms with Crippen LogP contribution in [0, 0.1) is 11.3 Å². The Morgan fingerprint density at radius 1 is 1.22 bits per heavy atom. The molecule has 0 saturated carbocycles. The van der Waals surface area contributed by atoms with E-state index in [1.165, 1.54) is 0 Å². The van der Waals surface area contributed by atoms with Crippen molar-refractivity contribution in [1.82, 2.24) is 15.5 Å². The van der Waals surface area contributed by atoms with E-state index in [-0.39, 0.29) is 24.9 Å². The first-order valence-corrected chi connectivity index (χ1v) is 13.9. The number of hydrogen-bond acceptors (Lipinski definition) is 6. The van der Waals surface area contributed by atoms with Gasteiger partial charge in [-0.1, -0.05) is 51.4 Å². The third-order valence-corrected chi connectivity index (χ3v) is 7.34. The van der Waals surface area contributed by atoms with Gasteiger partial charge in [-0.05, 0) is 43.9 Å². The van der Waals surface area contributed by atoms with Crippen LogP contribution in [0.3, 0.4) is 0 Å². The quantitative estimate of drug-likeness (QED) is 0.215. The molecule has 5 N–H and O–H groups in total. The highest BCUT2D eigenvalue weighted by molar-refractivity contribution is 7.46. The number of carbonyl (C=O) groups is 2. The molecule has 1 fully saturated rings. The lowest BCUT2D eigenvalue weighted by atomic mass is 9.66. The molecule has 2 atom stereocenters. The van der Waals surface area contributed by atoms with Crippen LogP contribution >= 0.6 is 19.4 Å². The van der Waals surface area contributed by atoms with Crippen LogP contribution in [0.2, 0.25) is 5.02 Å². The zero-order valence-electron chi connectivity index (χ0n) is 22.2. The predicted molar refractivity (Wildman–Crippen MR) is 139 cm³/mol. The molecule has 1 aliphatic rings. The van der Waals surface area contributed by atoms with Gasteiger partial charge in [0.1, 0.15) is 6.04 Å². The van der Waals surface area contributed by atoms with Crippen LogP contribution in [0.1, 0.15) is 53.5 Å². The molecule has 1 heterocycles. The fraction of sp³-hybridized carbons (Fsp3) is 0.667. The minimum absolute atomic E-state index is 0.00672. The summed E-state index contributed by atoms with van der Waals surface area (Å²) in [6.45, 7) is 10.6. The summed E-state index contributed by atoms with van der Waals surface area (Å²) >= 11 is 6.01. The topological polar surface area (TPSA) is 158 Å². The molecule has 11 nitrogen and oxygen atoms in total. The summed E-state index contributed by atoms with van der Waals surface area (Å²) in [4.78, 5) is 45.2. The molecule has 210 valence electrons. The molecule has 13 heteroatoms. The molecule has 2 rings (SSSR count). The maximum atomic E-state index is 13.5. The zero-order chi connectivity index (χ0) is 28.2. The van der Waals surface area contributed by atoms with E-state index in [0.717, 1.165) is 5.56 Å². The summed E-state index contributed by atoms with van der Waals surface area (Å²) in [5.74, 6) is -0.457. The van der Waals surface area contributed by atoms with Gasteiger partial charge in [0.15, 0.2) is 6.79 Å². The summed E-state index contributed by atoms with van der Waals surface area (Å²) < 4.78 is 20.3. The Kier molecular flexibility index (Phi) is 10.2. The molecule has 0 radical (unpaired) electrons. The Morgan fingerprint density at radius 3 is 2.32 bits per heavy atom. The number of nitrogens with zero attached hydrogens (tertiary/aromatic N) is 1. The number of phosphoric acid groups is 1. The van der Waals surface area contributed by atoms with Gasteiger partial charge in [0, 0.05) is 30.1 Å². The maximum absolute atomic E-state index is 13.5. The van der Waals surface area contributed by atoms with E-state index in [1.54, 1.807) is 43.0 Å². The van der Waals surface area contributed by atoms with Crippen LogP contribution in [0.4, 0.5) is 4.79 Å². The number of urea groups is 1.